The van der Waals surface area contributed by atoms with Crippen molar-refractivity contribution in [3.63, 3.8) is 0 Å². The molecule has 3 rings (SSSR count). The molecule has 0 saturated heterocycles. The number of hydrogen-bond acceptors (Lipinski definition) is 3. The topological polar surface area (TPSA) is 70.7 Å². The summed E-state index contributed by atoms with van der Waals surface area (Å²) in [5, 5.41) is 12.6. The highest BCUT2D eigenvalue weighted by Gasteiger charge is 2.37. The van der Waals surface area contributed by atoms with Gasteiger partial charge in [0.2, 0.25) is 0 Å². The van der Waals surface area contributed by atoms with Gasteiger partial charge < -0.3 is 5.32 Å². The normalized spacial score (nSPS) is 16.8. The Bertz CT molecular complexity index is 620. The Kier molecular flexibility index (Phi) is 3.68. The van der Waals surface area contributed by atoms with Crippen LogP contribution in [0.5, 0.6) is 0 Å². The predicted molar refractivity (Wildman–Crippen MR) is 75.3 cm³/mol. The van der Waals surface area contributed by atoms with Crippen LogP contribution in [-0.2, 0) is 5.41 Å². The average Bonchev–Trinajstić information content (AvgIpc) is 3.17. The van der Waals surface area contributed by atoms with Crippen molar-refractivity contribution in [3.8, 4) is 0 Å². The molecule has 0 aliphatic heterocycles. The van der Waals surface area contributed by atoms with Crippen LogP contribution in [0.3, 0.4) is 0 Å². The van der Waals surface area contributed by atoms with E-state index in [9.17, 15) is 9.18 Å². The summed E-state index contributed by atoms with van der Waals surface area (Å²) in [7, 11) is 0. The van der Waals surface area contributed by atoms with Crippen LogP contribution in [0.15, 0.2) is 30.5 Å². The second kappa shape index (κ2) is 5.63. The highest BCUT2D eigenvalue weighted by atomic mass is 19.1. The average molecular weight is 288 g/mol. The number of aromatic nitrogens is 3. The maximum absolute atomic E-state index is 14.1. The molecule has 1 aliphatic rings. The van der Waals surface area contributed by atoms with E-state index in [0.717, 1.165) is 25.7 Å². The molecule has 0 spiro atoms. The number of benzene rings is 1. The number of nitrogens with one attached hydrogen (secondary N) is 2. The molecule has 1 heterocycles. The number of amides is 1. The van der Waals surface area contributed by atoms with Crippen molar-refractivity contribution in [2.75, 3.05) is 6.54 Å². The Morgan fingerprint density at radius 3 is 2.76 bits per heavy atom. The van der Waals surface area contributed by atoms with E-state index in [4.69, 9.17) is 0 Å². The van der Waals surface area contributed by atoms with Crippen LogP contribution in [0.2, 0.25) is 0 Å². The summed E-state index contributed by atoms with van der Waals surface area (Å²) in [5.41, 5.74) is 0.629. The molecule has 1 aliphatic carbocycles. The van der Waals surface area contributed by atoms with Crippen LogP contribution in [0.25, 0.3) is 0 Å². The third-order valence-corrected chi connectivity index (χ3v) is 4.24. The largest absolute Gasteiger partial charge is 0.350 e. The minimum Gasteiger partial charge on any atom is -0.350 e. The van der Waals surface area contributed by atoms with E-state index in [-0.39, 0.29) is 22.8 Å². The Morgan fingerprint density at radius 2 is 2.10 bits per heavy atom. The fourth-order valence-electron chi connectivity index (χ4n) is 3.14. The zero-order valence-electron chi connectivity index (χ0n) is 11.6. The summed E-state index contributed by atoms with van der Waals surface area (Å²) in [6.45, 7) is 0.416. The lowest BCUT2D eigenvalue weighted by Gasteiger charge is -2.30. The van der Waals surface area contributed by atoms with E-state index in [1.54, 1.807) is 6.07 Å². The maximum atomic E-state index is 14.1. The first-order valence-electron chi connectivity index (χ1n) is 7.10. The number of carbonyl (C=O) groups excluding carboxylic acids is 1. The first-order chi connectivity index (χ1) is 10.2. The molecule has 5 nitrogen and oxygen atoms in total. The van der Waals surface area contributed by atoms with E-state index in [2.05, 4.69) is 20.7 Å². The molecule has 6 heteroatoms. The van der Waals surface area contributed by atoms with Crippen molar-refractivity contribution in [2.45, 2.75) is 31.1 Å². The highest BCUT2D eigenvalue weighted by molar-refractivity contribution is 5.91. The molecule has 0 radical (unpaired) electrons. The molecular weight excluding hydrogens is 271 g/mol. The number of halogens is 1. The molecule has 0 bridgehead atoms. The molecule has 110 valence electrons. The van der Waals surface area contributed by atoms with Crippen LogP contribution in [0, 0.1) is 5.82 Å². The number of carbonyl (C=O) groups is 1. The molecule has 1 saturated carbocycles. The molecule has 0 unspecified atom stereocenters. The van der Waals surface area contributed by atoms with Crippen LogP contribution in [0.4, 0.5) is 4.39 Å². The predicted octanol–water partition coefficient (Wildman–Crippen LogP) is 2.19. The van der Waals surface area contributed by atoms with Crippen molar-refractivity contribution in [1.82, 2.24) is 20.7 Å². The van der Waals surface area contributed by atoms with Crippen molar-refractivity contribution >= 4 is 5.91 Å². The minimum atomic E-state index is -0.315. The van der Waals surface area contributed by atoms with Crippen molar-refractivity contribution in [3.05, 3.63) is 47.5 Å². The molecular formula is C15H17FN4O. The van der Waals surface area contributed by atoms with E-state index in [1.807, 2.05) is 12.1 Å². The Hall–Kier alpha value is -2.24. The van der Waals surface area contributed by atoms with Crippen LogP contribution >= 0.6 is 0 Å². The van der Waals surface area contributed by atoms with Gasteiger partial charge in [-0.15, -0.1) is 0 Å². The quantitative estimate of drug-likeness (QED) is 0.906. The van der Waals surface area contributed by atoms with Crippen molar-refractivity contribution in [2.24, 2.45) is 0 Å². The van der Waals surface area contributed by atoms with Gasteiger partial charge >= 0.3 is 0 Å². The van der Waals surface area contributed by atoms with Gasteiger partial charge in [0.25, 0.3) is 5.91 Å². The van der Waals surface area contributed by atoms with Crippen molar-refractivity contribution < 1.29 is 9.18 Å². The van der Waals surface area contributed by atoms with Gasteiger partial charge in [-0.3, -0.25) is 4.79 Å². The fourth-order valence-corrected chi connectivity index (χ4v) is 3.14. The first-order valence-corrected chi connectivity index (χ1v) is 7.10. The molecule has 1 fully saturated rings. The number of hydrogen-bond donors (Lipinski definition) is 2. The molecule has 21 heavy (non-hydrogen) atoms. The van der Waals surface area contributed by atoms with Gasteiger partial charge in [-0.05, 0) is 24.5 Å². The summed E-state index contributed by atoms with van der Waals surface area (Å²) in [4.78, 5) is 12.0. The third-order valence-electron chi connectivity index (χ3n) is 4.24. The van der Waals surface area contributed by atoms with E-state index >= 15 is 0 Å². The van der Waals surface area contributed by atoms with Crippen molar-refractivity contribution in [1.29, 1.82) is 0 Å². The standard InChI is InChI=1S/C15H17FN4O/c16-12-6-2-1-5-11(12)15(7-3-4-8-15)10-17-14(21)13-9-18-20-19-13/h1-2,5-6,9H,3-4,7-8,10H2,(H,17,21)(H,18,19,20). The number of rotatable bonds is 4. The molecule has 0 atom stereocenters. The van der Waals surface area contributed by atoms with E-state index in [0.29, 0.717) is 12.1 Å². The van der Waals surface area contributed by atoms with Gasteiger partial charge in [-0.1, -0.05) is 31.0 Å². The van der Waals surface area contributed by atoms with Gasteiger partial charge in [0.05, 0.1) is 6.20 Å². The fraction of sp³-hybridized carbons (Fsp3) is 0.400. The number of aromatic amines is 1. The summed E-state index contributed by atoms with van der Waals surface area (Å²) >= 11 is 0. The lowest BCUT2D eigenvalue weighted by atomic mass is 9.78. The van der Waals surface area contributed by atoms with Crippen LogP contribution < -0.4 is 5.32 Å². The van der Waals surface area contributed by atoms with Crippen LogP contribution in [0.1, 0.15) is 41.7 Å². The second-order valence-electron chi connectivity index (χ2n) is 5.51. The SMILES string of the molecule is O=C(NCC1(c2ccccc2F)CCCC1)c1cn[nH]n1. The maximum Gasteiger partial charge on any atom is 0.273 e. The van der Waals surface area contributed by atoms with E-state index in [1.165, 1.54) is 12.3 Å². The Balaban J connectivity index is 1.79. The zero-order valence-corrected chi connectivity index (χ0v) is 11.6. The number of H-pyrrole nitrogens is 1. The van der Waals surface area contributed by atoms with E-state index < -0.39 is 0 Å². The van der Waals surface area contributed by atoms with Gasteiger partial charge in [-0.2, -0.15) is 15.4 Å². The minimum absolute atomic E-state index is 0.199. The lowest BCUT2D eigenvalue weighted by molar-refractivity contribution is 0.0937. The Labute approximate surface area is 121 Å². The summed E-state index contributed by atoms with van der Waals surface area (Å²) in [6.07, 6.45) is 5.24. The Morgan fingerprint density at radius 1 is 1.33 bits per heavy atom. The summed E-state index contributed by atoms with van der Waals surface area (Å²) in [5.74, 6) is -0.485. The smallest absolute Gasteiger partial charge is 0.273 e. The lowest BCUT2D eigenvalue weighted by Crippen LogP contribution is -2.39. The van der Waals surface area contributed by atoms with Gasteiger partial charge in [0.15, 0.2) is 5.69 Å². The van der Waals surface area contributed by atoms with Crippen LogP contribution in [-0.4, -0.2) is 27.9 Å². The van der Waals surface area contributed by atoms with Gasteiger partial charge in [0.1, 0.15) is 5.82 Å². The molecule has 2 aromatic rings. The molecule has 1 aromatic heterocycles. The summed E-state index contributed by atoms with van der Waals surface area (Å²) in [6, 6.07) is 6.84. The molecule has 2 N–H and O–H groups in total. The first kappa shape index (κ1) is 13.7. The molecule has 1 aromatic carbocycles. The summed E-state index contributed by atoms with van der Waals surface area (Å²) < 4.78 is 14.1. The number of nitrogens with zero attached hydrogens (tertiary/aromatic N) is 2. The molecule has 1 amide bonds. The van der Waals surface area contributed by atoms with Gasteiger partial charge in [0, 0.05) is 12.0 Å². The monoisotopic (exact) mass is 288 g/mol. The highest BCUT2D eigenvalue weighted by Crippen LogP contribution is 2.41. The van der Waals surface area contributed by atoms with Gasteiger partial charge in [-0.25, -0.2) is 4.39 Å². The third kappa shape index (κ3) is 2.66. The second-order valence-corrected chi connectivity index (χ2v) is 5.51. The zero-order chi connectivity index (χ0) is 14.7.